The molecule has 0 aliphatic carbocycles. The Morgan fingerprint density at radius 1 is 1.14 bits per heavy atom. The maximum absolute atomic E-state index is 13.0. The third-order valence-electron chi connectivity index (χ3n) is 3.14. The lowest BCUT2D eigenvalue weighted by Gasteiger charge is -2.16. The Kier molecular flexibility index (Phi) is 4.70. The van der Waals surface area contributed by atoms with Crippen LogP contribution in [0.25, 0.3) is 11.3 Å². The summed E-state index contributed by atoms with van der Waals surface area (Å²) in [5, 5.41) is 6.97. The Morgan fingerprint density at radius 2 is 1.77 bits per heavy atom. The first kappa shape index (κ1) is 15.9. The van der Waals surface area contributed by atoms with Crippen LogP contribution in [0.1, 0.15) is 26.8 Å². The van der Waals surface area contributed by atoms with E-state index in [2.05, 4.69) is 10.4 Å². The summed E-state index contributed by atoms with van der Waals surface area (Å²) in [5.41, 5.74) is 0.813. The Labute approximate surface area is 127 Å². The molecule has 0 fully saturated rings. The Bertz CT molecular complexity index is 723. The standard InChI is InChI=1S/C16H18FN3O2/c1-10(2)18-16(22)11(3)20-15(21)9-8-14(19-20)12-4-6-13(17)7-5-12/h4-11H,1-3H3,(H,18,22). The average molecular weight is 303 g/mol. The molecule has 0 radical (unpaired) electrons. The lowest BCUT2D eigenvalue weighted by Crippen LogP contribution is -2.39. The van der Waals surface area contributed by atoms with Crippen molar-refractivity contribution in [3.63, 3.8) is 0 Å². The van der Waals surface area contributed by atoms with Crippen LogP contribution in [0.4, 0.5) is 4.39 Å². The van der Waals surface area contributed by atoms with E-state index in [0.29, 0.717) is 11.3 Å². The Morgan fingerprint density at radius 3 is 2.36 bits per heavy atom. The van der Waals surface area contributed by atoms with Gasteiger partial charge in [-0.05, 0) is 51.1 Å². The number of amides is 1. The van der Waals surface area contributed by atoms with Crippen LogP contribution >= 0.6 is 0 Å². The molecule has 5 nitrogen and oxygen atoms in total. The molecule has 116 valence electrons. The molecular weight excluding hydrogens is 285 g/mol. The molecule has 0 saturated heterocycles. The van der Waals surface area contributed by atoms with Gasteiger partial charge in [-0.25, -0.2) is 9.07 Å². The number of rotatable bonds is 4. The van der Waals surface area contributed by atoms with Crippen LogP contribution in [0.2, 0.25) is 0 Å². The van der Waals surface area contributed by atoms with Crippen molar-refractivity contribution in [1.82, 2.24) is 15.1 Å². The highest BCUT2D eigenvalue weighted by molar-refractivity contribution is 5.80. The van der Waals surface area contributed by atoms with Gasteiger partial charge in [0.1, 0.15) is 11.9 Å². The summed E-state index contributed by atoms with van der Waals surface area (Å²) < 4.78 is 14.1. The number of carbonyl (C=O) groups excluding carboxylic acids is 1. The molecule has 1 N–H and O–H groups in total. The van der Waals surface area contributed by atoms with E-state index in [9.17, 15) is 14.0 Å². The molecule has 0 bridgehead atoms. The average Bonchev–Trinajstić information content (AvgIpc) is 2.47. The van der Waals surface area contributed by atoms with Crippen LogP contribution in [0.15, 0.2) is 41.2 Å². The molecule has 1 unspecified atom stereocenters. The van der Waals surface area contributed by atoms with Crippen LogP contribution in [-0.4, -0.2) is 21.7 Å². The van der Waals surface area contributed by atoms with Crippen molar-refractivity contribution in [1.29, 1.82) is 0 Å². The van der Waals surface area contributed by atoms with Gasteiger partial charge in [0.15, 0.2) is 0 Å². The zero-order chi connectivity index (χ0) is 16.3. The molecular formula is C16H18FN3O2. The second-order valence-corrected chi connectivity index (χ2v) is 5.35. The summed E-state index contributed by atoms with van der Waals surface area (Å²) in [6.07, 6.45) is 0. The summed E-state index contributed by atoms with van der Waals surface area (Å²) >= 11 is 0. The van der Waals surface area contributed by atoms with Gasteiger partial charge in [-0.2, -0.15) is 5.10 Å². The van der Waals surface area contributed by atoms with Crippen LogP contribution in [0.5, 0.6) is 0 Å². The number of nitrogens with one attached hydrogen (secondary N) is 1. The largest absolute Gasteiger partial charge is 0.352 e. The Balaban J connectivity index is 2.36. The fourth-order valence-electron chi connectivity index (χ4n) is 1.99. The minimum Gasteiger partial charge on any atom is -0.352 e. The summed E-state index contributed by atoms with van der Waals surface area (Å²) in [6, 6.07) is 7.95. The minimum absolute atomic E-state index is 0.0223. The van der Waals surface area contributed by atoms with Gasteiger partial charge in [-0.15, -0.1) is 0 Å². The zero-order valence-electron chi connectivity index (χ0n) is 12.7. The monoisotopic (exact) mass is 303 g/mol. The van der Waals surface area contributed by atoms with Crippen LogP contribution in [0, 0.1) is 5.82 Å². The first-order chi connectivity index (χ1) is 10.4. The minimum atomic E-state index is -0.727. The van der Waals surface area contributed by atoms with Gasteiger partial charge in [0, 0.05) is 17.7 Å². The predicted octanol–water partition coefficient (Wildman–Crippen LogP) is 2.13. The molecule has 2 rings (SSSR count). The van der Waals surface area contributed by atoms with Gasteiger partial charge in [0.25, 0.3) is 5.56 Å². The maximum atomic E-state index is 13.0. The summed E-state index contributed by atoms with van der Waals surface area (Å²) in [6.45, 7) is 5.30. The van der Waals surface area contributed by atoms with E-state index in [1.165, 1.54) is 18.2 Å². The van der Waals surface area contributed by atoms with Gasteiger partial charge in [-0.1, -0.05) is 0 Å². The van der Waals surface area contributed by atoms with Gasteiger partial charge in [0.05, 0.1) is 5.69 Å². The zero-order valence-corrected chi connectivity index (χ0v) is 12.7. The third-order valence-corrected chi connectivity index (χ3v) is 3.14. The van der Waals surface area contributed by atoms with Gasteiger partial charge < -0.3 is 5.32 Å². The highest BCUT2D eigenvalue weighted by Gasteiger charge is 2.18. The molecule has 1 atom stereocenters. The molecule has 6 heteroatoms. The van der Waals surface area contributed by atoms with E-state index < -0.39 is 6.04 Å². The van der Waals surface area contributed by atoms with E-state index in [4.69, 9.17) is 0 Å². The first-order valence-electron chi connectivity index (χ1n) is 7.04. The molecule has 0 spiro atoms. The number of hydrogen-bond acceptors (Lipinski definition) is 3. The molecule has 0 aliphatic heterocycles. The van der Waals surface area contributed by atoms with Crippen molar-refractivity contribution in [2.75, 3.05) is 0 Å². The fraction of sp³-hybridized carbons (Fsp3) is 0.312. The SMILES string of the molecule is CC(C)NC(=O)C(C)n1nc(-c2ccc(F)cc2)ccc1=O. The van der Waals surface area contributed by atoms with E-state index in [0.717, 1.165) is 4.68 Å². The van der Waals surface area contributed by atoms with E-state index in [1.54, 1.807) is 25.1 Å². The second kappa shape index (κ2) is 6.51. The topological polar surface area (TPSA) is 64.0 Å². The number of carbonyl (C=O) groups is 1. The van der Waals surface area contributed by atoms with E-state index >= 15 is 0 Å². The number of aromatic nitrogens is 2. The van der Waals surface area contributed by atoms with Crippen molar-refractivity contribution in [3.05, 3.63) is 52.6 Å². The van der Waals surface area contributed by atoms with Crippen molar-refractivity contribution in [2.45, 2.75) is 32.9 Å². The number of nitrogens with zero attached hydrogens (tertiary/aromatic N) is 2. The van der Waals surface area contributed by atoms with Gasteiger partial charge in [-0.3, -0.25) is 9.59 Å². The number of hydrogen-bond donors (Lipinski definition) is 1. The highest BCUT2D eigenvalue weighted by Crippen LogP contribution is 2.16. The molecule has 1 aromatic carbocycles. The second-order valence-electron chi connectivity index (χ2n) is 5.35. The summed E-state index contributed by atoms with van der Waals surface area (Å²) in [7, 11) is 0. The van der Waals surface area contributed by atoms with Gasteiger partial charge >= 0.3 is 0 Å². The predicted molar refractivity (Wildman–Crippen MR) is 81.9 cm³/mol. The lowest BCUT2D eigenvalue weighted by molar-refractivity contribution is -0.124. The lowest BCUT2D eigenvalue weighted by atomic mass is 10.1. The molecule has 1 amide bonds. The first-order valence-corrected chi connectivity index (χ1v) is 7.04. The summed E-state index contributed by atoms with van der Waals surface area (Å²) in [4.78, 5) is 24.0. The molecule has 2 aromatic rings. The van der Waals surface area contributed by atoms with Crippen molar-refractivity contribution in [3.8, 4) is 11.3 Å². The van der Waals surface area contributed by atoms with Crippen LogP contribution in [-0.2, 0) is 4.79 Å². The molecule has 0 saturated carbocycles. The smallest absolute Gasteiger partial charge is 0.267 e. The molecule has 0 aliphatic rings. The van der Waals surface area contributed by atoms with Crippen LogP contribution < -0.4 is 10.9 Å². The van der Waals surface area contributed by atoms with Crippen molar-refractivity contribution < 1.29 is 9.18 Å². The van der Waals surface area contributed by atoms with Crippen molar-refractivity contribution >= 4 is 5.91 Å². The molecule has 1 heterocycles. The molecule has 1 aromatic heterocycles. The third kappa shape index (κ3) is 3.58. The molecule has 22 heavy (non-hydrogen) atoms. The van der Waals surface area contributed by atoms with E-state index in [-0.39, 0.29) is 23.3 Å². The number of halogens is 1. The maximum Gasteiger partial charge on any atom is 0.267 e. The van der Waals surface area contributed by atoms with Crippen LogP contribution in [0.3, 0.4) is 0 Å². The normalized spacial score (nSPS) is 12.2. The highest BCUT2D eigenvalue weighted by atomic mass is 19.1. The Hall–Kier alpha value is -2.50. The van der Waals surface area contributed by atoms with E-state index in [1.807, 2.05) is 13.8 Å². The fourth-order valence-corrected chi connectivity index (χ4v) is 1.99. The summed E-state index contributed by atoms with van der Waals surface area (Å²) in [5.74, 6) is -0.623. The number of benzene rings is 1. The van der Waals surface area contributed by atoms with Crippen molar-refractivity contribution in [2.24, 2.45) is 0 Å². The quantitative estimate of drug-likeness (QED) is 0.941. The van der Waals surface area contributed by atoms with Gasteiger partial charge in [0.2, 0.25) is 5.91 Å².